The van der Waals surface area contributed by atoms with Gasteiger partial charge in [0.15, 0.2) is 6.29 Å². The van der Waals surface area contributed by atoms with E-state index in [9.17, 15) is 4.79 Å². The number of fused-ring (bicyclic) bond motifs is 11. The average Bonchev–Trinajstić information content (AvgIpc) is 3.52. The molecule has 2 aliphatic rings. The van der Waals surface area contributed by atoms with Crippen molar-refractivity contribution in [2.75, 3.05) is 0 Å². The average molecular weight is 388 g/mol. The van der Waals surface area contributed by atoms with Crippen LogP contribution in [0, 0.1) is 0 Å². The number of carbonyl (C=O) groups is 1. The lowest BCUT2D eigenvalue weighted by Crippen LogP contribution is -1.81. The number of hydrogen-bond acceptors (Lipinski definition) is 3. The van der Waals surface area contributed by atoms with E-state index in [1.165, 1.54) is 0 Å². The first-order valence-corrected chi connectivity index (χ1v) is 9.70. The Bertz CT molecular complexity index is 1570. The monoisotopic (exact) mass is 388 g/mol. The van der Waals surface area contributed by atoms with Crippen LogP contribution in [-0.2, 0) is 4.79 Å². The molecule has 1 aromatic carbocycles. The molecule has 0 radical (unpaired) electrons. The molecule has 0 unspecified atom stereocenters. The molecule has 0 aliphatic carbocycles. The highest BCUT2D eigenvalue weighted by Gasteiger charge is 2.11. The number of nitrogens with one attached hydrogen (secondary N) is 2. The van der Waals surface area contributed by atoms with Gasteiger partial charge in [0.05, 0.1) is 22.8 Å². The summed E-state index contributed by atoms with van der Waals surface area (Å²) in [5, 5.41) is 2.17. The maximum absolute atomic E-state index is 11.7. The lowest BCUT2D eigenvalue weighted by atomic mass is 10.1. The Morgan fingerprint density at radius 1 is 0.700 bits per heavy atom. The van der Waals surface area contributed by atoms with Gasteiger partial charge in [0, 0.05) is 38.4 Å². The van der Waals surface area contributed by atoms with E-state index >= 15 is 0 Å². The van der Waals surface area contributed by atoms with Crippen LogP contribution in [0.4, 0.5) is 0 Å². The van der Waals surface area contributed by atoms with Crippen LogP contribution in [-0.4, -0.2) is 26.2 Å². The van der Waals surface area contributed by atoms with Crippen molar-refractivity contribution in [1.29, 1.82) is 0 Å². The van der Waals surface area contributed by atoms with Gasteiger partial charge in [0.25, 0.3) is 0 Å². The number of nitrogens with zero attached hydrogens (tertiary/aromatic N) is 2. The molecule has 3 aromatic heterocycles. The molecule has 5 nitrogen and oxygen atoms in total. The maximum atomic E-state index is 11.7. The van der Waals surface area contributed by atoms with Gasteiger partial charge in [-0.15, -0.1) is 0 Å². The lowest BCUT2D eigenvalue weighted by Gasteiger charge is -1.90. The Kier molecular flexibility index (Phi) is 3.55. The summed E-state index contributed by atoms with van der Waals surface area (Å²) in [7, 11) is 0. The minimum Gasteiger partial charge on any atom is -0.355 e. The predicted octanol–water partition coefficient (Wildman–Crippen LogP) is 5.38. The molecule has 0 spiro atoms. The van der Waals surface area contributed by atoms with E-state index in [2.05, 4.69) is 27.1 Å². The summed E-state index contributed by atoms with van der Waals surface area (Å²) in [6.45, 7) is 0. The third kappa shape index (κ3) is 2.76. The van der Waals surface area contributed by atoms with E-state index in [1.807, 2.05) is 66.8 Å². The molecule has 0 fully saturated rings. The van der Waals surface area contributed by atoms with Gasteiger partial charge in [-0.3, -0.25) is 4.79 Å². The number of allylic oxidation sites excluding steroid dienone is 1. The number of H-pyrrole nitrogens is 2. The van der Waals surface area contributed by atoms with Crippen LogP contribution in [0.15, 0.2) is 60.7 Å². The standard InChI is InChI=1S/C25H16N4O/c30-14-15-9-20-11-18-6-5-16(26-18)10-17-7-8-19(27-17)12-24-21-3-1-2-4-22(21)25(29-24)13-23(15)28-20/h1-14,26,29H. The van der Waals surface area contributed by atoms with Crippen molar-refractivity contribution in [2.45, 2.75) is 0 Å². The molecule has 142 valence electrons. The molecular formula is C25H16N4O. The van der Waals surface area contributed by atoms with E-state index in [1.54, 1.807) is 0 Å². The van der Waals surface area contributed by atoms with Crippen LogP contribution >= 0.6 is 0 Å². The molecule has 4 aromatic rings. The largest absolute Gasteiger partial charge is 0.355 e. The zero-order valence-corrected chi connectivity index (χ0v) is 15.9. The Balaban J connectivity index is 1.78. The van der Waals surface area contributed by atoms with Crippen molar-refractivity contribution < 1.29 is 4.79 Å². The Morgan fingerprint density at radius 3 is 2.10 bits per heavy atom. The molecule has 2 N–H and O–H groups in total. The third-order valence-corrected chi connectivity index (χ3v) is 5.35. The molecule has 0 saturated carbocycles. The van der Waals surface area contributed by atoms with Crippen molar-refractivity contribution >= 4 is 62.9 Å². The normalized spacial score (nSPS) is 12.9. The second-order valence-electron chi connectivity index (χ2n) is 7.38. The molecule has 6 rings (SSSR count). The van der Waals surface area contributed by atoms with Crippen molar-refractivity contribution in [1.82, 2.24) is 19.9 Å². The van der Waals surface area contributed by atoms with E-state index in [0.29, 0.717) is 11.3 Å². The lowest BCUT2D eigenvalue weighted by molar-refractivity contribution is -0.103. The predicted molar refractivity (Wildman–Crippen MR) is 121 cm³/mol. The van der Waals surface area contributed by atoms with Gasteiger partial charge in [-0.05, 0) is 54.6 Å². The van der Waals surface area contributed by atoms with Gasteiger partial charge in [0.1, 0.15) is 0 Å². The molecule has 5 heteroatoms. The first-order chi connectivity index (χ1) is 14.7. The van der Waals surface area contributed by atoms with E-state index < -0.39 is 0 Å². The van der Waals surface area contributed by atoms with Crippen LogP contribution in [0.5, 0.6) is 0 Å². The van der Waals surface area contributed by atoms with Crippen molar-refractivity contribution in [2.24, 2.45) is 0 Å². The van der Waals surface area contributed by atoms with Crippen LogP contribution in [0.1, 0.15) is 22.8 Å². The number of aromatic amines is 2. The van der Waals surface area contributed by atoms with E-state index in [4.69, 9.17) is 4.98 Å². The second-order valence-corrected chi connectivity index (χ2v) is 7.38. The third-order valence-electron chi connectivity index (χ3n) is 5.35. The zero-order valence-electron chi connectivity index (χ0n) is 15.9. The van der Waals surface area contributed by atoms with Gasteiger partial charge >= 0.3 is 0 Å². The van der Waals surface area contributed by atoms with Crippen molar-refractivity contribution in [3.8, 4) is 0 Å². The van der Waals surface area contributed by atoms with Gasteiger partial charge in [-0.2, -0.15) is 0 Å². The Labute approximate surface area is 171 Å². The smallest absolute Gasteiger partial charge is 0.152 e. The topological polar surface area (TPSA) is 74.4 Å². The summed E-state index contributed by atoms with van der Waals surface area (Å²) in [6, 6.07) is 20.1. The van der Waals surface area contributed by atoms with Crippen LogP contribution in [0.2, 0.25) is 0 Å². The Hall–Kier alpha value is -4.25. The maximum Gasteiger partial charge on any atom is 0.152 e. The summed E-state index contributed by atoms with van der Waals surface area (Å²) < 4.78 is 0. The number of rotatable bonds is 1. The molecule has 8 bridgehead atoms. The summed E-state index contributed by atoms with van der Waals surface area (Å²) in [6.07, 6.45) is 6.68. The van der Waals surface area contributed by atoms with E-state index in [0.717, 1.165) is 56.2 Å². The van der Waals surface area contributed by atoms with Crippen molar-refractivity contribution in [3.05, 3.63) is 83.4 Å². The zero-order chi connectivity index (χ0) is 20.1. The molecule has 5 heterocycles. The molecule has 2 aliphatic heterocycles. The quantitative estimate of drug-likeness (QED) is 0.379. The SMILES string of the molecule is O=CC1=Cc2cc3ccc(cc4nc(cc5[nH]c(cc1n2)c1ccccc51)C=C4)[nH]3. The second kappa shape index (κ2) is 6.39. The van der Waals surface area contributed by atoms with Gasteiger partial charge < -0.3 is 9.97 Å². The molecule has 30 heavy (non-hydrogen) atoms. The summed E-state index contributed by atoms with van der Waals surface area (Å²) in [5.74, 6) is 0. The Morgan fingerprint density at radius 2 is 1.37 bits per heavy atom. The fourth-order valence-corrected chi connectivity index (χ4v) is 3.97. The molecule has 0 atom stereocenters. The van der Waals surface area contributed by atoms with Gasteiger partial charge in [-0.1, -0.05) is 24.3 Å². The molecular weight excluding hydrogens is 372 g/mol. The highest BCUT2D eigenvalue weighted by atomic mass is 16.1. The van der Waals surface area contributed by atoms with E-state index in [-0.39, 0.29) is 0 Å². The summed E-state index contributed by atoms with van der Waals surface area (Å²) in [4.78, 5) is 27.9. The van der Waals surface area contributed by atoms with Gasteiger partial charge in [0.2, 0.25) is 0 Å². The molecule has 0 amide bonds. The first-order valence-electron chi connectivity index (χ1n) is 9.70. The highest BCUT2D eigenvalue weighted by Crippen LogP contribution is 2.27. The summed E-state index contributed by atoms with van der Waals surface area (Å²) >= 11 is 0. The minimum absolute atomic E-state index is 0.565. The van der Waals surface area contributed by atoms with Gasteiger partial charge in [-0.25, -0.2) is 9.97 Å². The number of carbonyl (C=O) groups excluding carboxylic acids is 1. The van der Waals surface area contributed by atoms with Crippen LogP contribution < -0.4 is 0 Å². The van der Waals surface area contributed by atoms with Crippen LogP contribution in [0.25, 0.3) is 56.6 Å². The first kappa shape index (κ1) is 16.7. The number of aldehydes is 1. The fraction of sp³-hybridized carbons (Fsp3) is 0. The fourth-order valence-electron chi connectivity index (χ4n) is 3.97. The number of aromatic nitrogens is 4. The highest BCUT2D eigenvalue weighted by molar-refractivity contribution is 6.15. The number of benzene rings is 1. The van der Waals surface area contributed by atoms with Crippen molar-refractivity contribution in [3.63, 3.8) is 0 Å². The summed E-state index contributed by atoms with van der Waals surface area (Å²) in [5.41, 5.74) is 7.48. The molecule has 0 saturated heterocycles. The minimum atomic E-state index is 0.565. The number of hydrogen-bond donors (Lipinski definition) is 2. The van der Waals surface area contributed by atoms with Crippen LogP contribution in [0.3, 0.4) is 0 Å².